The zero-order valence-electron chi connectivity index (χ0n) is 17.6. The largest absolute Gasteiger partial charge is 0.494 e. The third-order valence-electron chi connectivity index (χ3n) is 5.44. The Kier molecular flexibility index (Phi) is 4.98. The number of methoxy groups -OCH3 is 1. The maximum Gasteiger partial charge on any atom is 0.234 e. The van der Waals surface area contributed by atoms with Crippen LogP contribution in [0.15, 0.2) is 30.6 Å². The molecule has 5 rings (SSSR count). The molecule has 160 valence electrons. The predicted molar refractivity (Wildman–Crippen MR) is 117 cm³/mol. The minimum Gasteiger partial charge on any atom is -0.494 e. The fourth-order valence-corrected chi connectivity index (χ4v) is 4.87. The van der Waals surface area contributed by atoms with Crippen LogP contribution in [0.1, 0.15) is 30.7 Å². The average molecular weight is 440 g/mol. The van der Waals surface area contributed by atoms with E-state index in [4.69, 9.17) is 19.2 Å². The summed E-state index contributed by atoms with van der Waals surface area (Å²) in [6.45, 7) is 5.09. The van der Waals surface area contributed by atoms with E-state index in [1.54, 1.807) is 6.07 Å². The summed E-state index contributed by atoms with van der Waals surface area (Å²) >= 11 is 1.54. The highest BCUT2D eigenvalue weighted by molar-refractivity contribution is 7.25. The van der Waals surface area contributed by atoms with Gasteiger partial charge in [-0.3, -0.25) is 0 Å². The van der Waals surface area contributed by atoms with Gasteiger partial charge in [-0.1, -0.05) is 6.07 Å². The van der Waals surface area contributed by atoms with Gasteiger partial charge in [0.05, 0.1) is 37.1 Å². The Balaban J connectivity index is 1.41. The van der Waals surface area contributed by atoms with Crippen molar-refractivity contribution < 1.29 is 18.6 Å². The van der Waals surface area contributed by atoms with Crippen LogP contribution in [0.4, 0.5) is 4.39 Å². The molecule has 1 aromatic carbocycles. The lowest BCUT2D eigenvalue weighted by Gasteiger charge is -2.30. The van der Waals surface area contributed by atoms with E-state index >= 15 is 0 Å². The monoisotopic (exact) mass is 439 g/mol. The van der Waals surface area contributed by atoms with Gasteiger partial charge in [-0.2, -0.15) is 0 Å². The molecule has 0 saturated heterocycles. The summed E-state index contributed by atoms with van der Waals surface area (Å²) in [7, 11) is 1.45. The third kappa shape index (κ3) is 3.81. The predicted octanol–water partition coefficient (Wildman–Crippen LogP) is 4.86. The second kappa shape index (κ2) is 7.69. The van der Waals surface area contributed by atoms with Gasteiger partial charge in [0.15, 0.2) is 11.6 Å². The fourth-order valence-electron chi connectivity index (χ4n) is 3.80. The van der Waals surface area contributed by atoms with Crippen LogP contribution in [0, 0.1) is 5.82 Å². The van der Waals surface area contributed by atoms with Crippen LogP contribution in [-0.4, -0.2) is 34.3 Å². The number of rotatable bonds is 5. The van der Waals surface area contributed by atoms with E-state index in [0.29, 0.717) is 25.5 Å². The van der Waals surface area contributed by atoms with Crippen LogP contribution < -0.4 is 9.47 Å². The van der Waals surface area contributed by atoms with Crippen LogP contribution in [0.25, 0.3) is 20.4 Å². The van der Waals surface area contributed by atoms with Crippen LogP contribution in [0.2, 0.25) is 0 Å². The standard InChI is InChI=1S/C23H22FN3O3S/c1-23(2)10-17-14(11-30-23)9-15-19-20(31-22(15)27-17)21(26-12-25-19)29-7-6-13-4-5-18(28-3)16(24)8-13/h4-5,8-9,12H,6-7,10-11H2,1-3H3. The molecule has 0 atom stereocenters. The van der Waals surface area contributed by atoms with E-state index in [1.165, 1.54) is 30.8 Å². The molecule has 0 radical (unpaired) electrons. The molecule has 4 aromatic rings. The van der Waals surface area contributed by atoms with Gasteiger partial charge in [0.1, 0.15) is 15.9 Å². The second-order valence-corrected chi connectivity index (χ2v) is 9.20. The Bertz CT molecular complexity index is 1290. The fraction of sp³-hybridized carbons (Fsp3) is 0.348. The molecule has 0 bridgehead atoms. The number of pyridine rings is 1. The Labute approximate surface area is 183 Å². The molecule has 31 heavy (non-hydrogen) atoms. The van der Waals surface area contributed by atoms with E-state index < -0.39 is 0 Å². The summed E-state index contributed by atoms with van der Waals surface area (Å²) in [6, 6.07) is 7.05. The van der Waals surface area contributed by atoms with Crippen molar-refractivity contribution in [3.8, 4) is 11.6 Å². The maximum atomic E-state index is 13.9. The van der Waals surface area contributed by atoms with Crippen LogP contribution in [0.5, 0.6) is 11.6 Å². The highest BCUT2D eigenvalue weighted by Crippen LogP contribution is 2.38. The second-order valence-electron chi connectivity index (χ2n) is 8.20. The van der Waals surface area contributed by atoms with Gasteiger partial charge < -0.3 is 14.2 Å². The van der Waals surface area contributed by atoms with Crippen LogP contribution in [0.3, 0.4) is 0 Å². The number of fused-ring (bicyclic) bond motifs is 4. The summed E-state index contributed by atoms with van der Waals surface area (Å²) < 4.78 is 31.6. The van der Waals surface area contributed by atoms with E-state index in [1.807, 2.05) is 6.07 Å². The molecular formula is C23H22FN3O3S. The van der Waals surface area contributed by atoms with Crippen LogP contribution >= 0.6 is 11.3 Å². The van der Waals surface area contributed by atoms with Gasteiger partial charge in [-0.15, -0.1) is 11.3 Å². The minimum atomic E-state index is -0.379. The maximum absolute atomic E-state index is 13.9. The first-order valence-electron chi connectivity index (χ1n) is 10.1. The average Bonchev–Trinajstić information content (AvgIpc) is 3.10. The Morgan fingerprint density at radius 1 is 1.23 bits per heavy atom. The molecule has 0 aliphatic carbocycles. The Morgan fingerprint density at radius 2 is 2.10 bits per heavy atom. The van der Waals surface area contributed by atoms with Crippen molar-refractivity contribution in [1.29, 1.82) is 0 Å². The summed E-state index contributed by atoms with van der Waals surface area (Å²) in [6.07, 6.45) is 2.84. The highest BCUT2D eigenvalue weighted by Gasteiger charge is 2.28. The quantitative estimate of drug-likeness (QED) is 0.442. The number of aromatic nitrogens is 3. The topological polar surface area (TPSA) is 66.4 Å². The first-order chi connectivity index (χ1) is 14.9. The third-order valence-corrected chi connectivity index (χ3v) is 6.52. The molecule has 0 N–H and O–H groups in total. The summed E-state index contributed by atoms with van der Waals surface area (Å²) in [5.74, 6) is 0.379. The van der Waals surface area contributed by atoms with Crippen molar-refractivity contribution in [1.82, 2.24) is 15.0 Å². The molecule has 0 fully saturated rings. The molecule has 1 aliphatic rings. The SMILES string of the molecule is COc1ccc(CCOc2ncnc3c2sc2nc4c(cc23)COC(C)(C)C4)cc1F. The van der Waals surface area contributed by atoms with Gasteiger partial charge in [0, 0.05) is 23.8 Å². The molecule has 8 heteroatoms. The minimum absolute atomic E-state index is 0.209. The van der Waals surface area contributed by atoms with Crippen molar-refractivity contribution in [3.05, 3.63) is 53.2 Å². The lowest BCUT2D eigenvalue weighted by Crippen LogP contribution is -2.32. The number of nitrogens with zero attached hydrogens (tertiary/aromatic N) is 3. The van der Waals surface area contributed by atoms with Crippen molar-refractivity contribution in [2.24, 2.45) is 0 Å². The molecule has 0 saturated carbocycles. The lowest BCUT2D eigenvalue weighted by atomic mass is 9.95. The number of hydrogen-bond donors (Lipinski definition) is 0. The number of ether oxygens (including phenoxy) is 3. The van der Waals surface area contributed by atoms with E-state index in [9.17, 15) is 4.39 Å². The number of hydrogen-bond acceptors (Lipinski definition) is 7. The summed E-state index contributed by atoms with van der Waals surface area (Å²) in [5.41, 5.74) is 3.64. The van der Waals surface area contributed by atoms with Crippen LogP contribution in [-0.2, 0) is 24.2 Å². The van der Waals surface area contributed by atoms with E-state index in [-0.39, 0.29) is 17.2 Å². The normalized spacial score (nSPS) is 15.2. The molecule has 4 heterocycles. The number of halogens is 1. The van der Waals surface area contributed by atoms with Gasteiger partial charge in [-0.25, -0.2) is 19.3 Å². The molecular weight excluding hydrogens is 417 g/mol. The van der Waals surface area contributed by atoms with E-state index in [2.05, 4.69) is 29.9 Å². The van der Waals surface area contributed by atoms with Gasteiger partial charge in [0.2, 0.25) is 5.88 Å². The molecule has 3 aromatic heterocycles. The Hall–Kier alpha value is -2.84. The summed E-state index contributed by atoms with van der Waals surface area (Å²) in [5, 5.41) is 0.992. The smallest absolute Gasteiger partial charge is 0.234 e. The molecule has 0 unspecified atom stereocenters. The molecule has 0 amide bonds. The van der Waals surface area contributed by atoms with Crippen molar-refractivity contribution in [2.75, 3.05) is 13.7 Å². The zero-order valence-corrected chi connectivity index (χ0v) is 18.4. The van der Waals surface area contributed by atoms with Gasteiger partial charge >= 0.3 is 0 Å². The van der Waals surface area contributed by atoms with Gasteiger partial charge in [0.25, 0.3) is 0 Å². The number of benzene rings is 1. The molecule has 1 aliphatic heterocycles. The van der Waals surface area contributed by atoms with Crippen molar-refractivity contribution in [2.45, 2.75) is 38.9 Å². The van der Waals surface area contributed by atoms with E-state index in [0.717, 1.165) is 43.7 Å². The Morgan fingerprint density at radius 3 is 2.90 bits per heavy atom. The molecule has 6 nitrogen and oxygen atoms in total. The first kappa shape index (κ1) is 20.1. The first-order valence-corrected chi connectivity index (χ1v) is 10.9. The summed E-state index contributed by atoms with van der Waals surface area (Å²) in [4.78, 5) is 14.6. The van der Waals surface area contributed by atoms with Gasteiger partial charge in [-0.05, 0) is 37.6 Å². The highest BCUT2D eigenvalue weighted by atomic mass is 32.1. The lowest BCUT2D eigenvalue weighted by molar-refractivity contribution is -0.0411. The molecule has 0 spiro atoms. The number of thiophene rings is 1. The van der Waals surface area contributed by atoms with Crippen molar-refractivity contribution in [3.63, 3.8) is 0 Å². The van der Waals surface area contributed by atoms with Crippen molar-refractivity contribution >= 4 is 31.8 Å². The zero-order chi connectivity index (χ0) is 21.6.